The first-order valence-corrected chi connectivity index (χ1v) is 23.9. The Balaban J connectivity index is 0.699. The van der Waals surface area contributed by atoms with E-state index in [9.17, 15) is 29.2 Å². The summed E-state index contributed by atoms with van der Waals surface area (Å²) in [5.41, 5.74) is 1.03. The number of imide groups is 1. The van der Waals surface area contributed by atoms with E-state index >= 15 is 0 Å². The van der Waals surface area contributed by atoms with Crippen molar-refractivity contribution < 1.29 is 23.9 Å². The molecule has 352 valence electrons. The maximum Gasteiger partial charge on any atom is 0.278 e. The second-order valence-electron chi connectivity index (χ2n) is 20.0. The summed E-state index contributed by atoms with van der Waals surface area (Å²) in [7, 11) is 0. The number of nitrogens with zero attached hydrogens (tertiary/aromatic N) is 9. The Morgan fingerprint density at radius 1 is 0.881 bits per heavy atom. The van der Waals surface area contributed by atoms with Gasteiger partial charge >= 0.3 is 0 Å². The van der Waals surface area contributed by atoms with Crippen molar-refractivity contribution in [3.8, 4) is 11.8 Å². The van der Waals surface area contributed by atoms with E-state index in [0.717, 1.165) is 87.7 Å². The van der Waals surface area contributed by atoms with Crippen molar-refractivity contribution in [2.24, 2.45) is 22.7 Å². The minimum atomic E-state index is -0.881. The number of anilines is 2. The van der Waals surface area contributed by atoms with Crippen molar-refractivity contribution >= 4 is 57.6 Å². The number of piperazine rings is 1. The fraction of sp³-hybridized carbons (Fsp3) is 0.531. The molecule has 9 rings (SSSR count). The van der Waals surface area contributed by atoms with Crippen molar-refractivity contribution in [2.75, 3.05) is 68.7 Å². The molecule has 2 aromatic carbocycles. The summed E-state index contributed by atoms with van der Waals surface area (Å²) in [5, 5.41) is 23.7. The Morgan fingerprint density at radius 3 is 2.27 bits per heavy atom. The lowest BCUT2D eigenvalue weighted by molar-refractivity contribution is -0.164. The number of nitrogens with one attached hydrogen (secondary N) is 2. The predicted molar refractivity (Wildman–Crippen MR) is 252 cm³/mol. The van der Waals surface area contributed by atoms with Crippen LogP contribution < -0.4 is 30.7 Å². The van der Waals surface area contributed by atoms with Gasteiger partial charge in [-0.05, 0) is 80.5 Å². The van der Waals surface area contributed by atoms with Gasteiger partial charge in [-0.3, -0.25) is 34.2 Å². The number of hydrogen-bond donors (Lipinski definition) is 2. The molecule has 0 spiro atoms. The van der Waals surface area contributed by atoms with Gasteiger partial charge in [0.1, 0.15) is 35.3 Å². The molecule has 4 saturated heterocycles. The van der Waals surface area contributed by atoms with Gasteiger partial charge in [0.05, 0.1) is 21.5 Å². The van der Waals surface area contributed by atoms with Crippen LogP contribution in [0, 0.1) is 34.0 Å². The molecule has 67 heavy (non-hydrogen) atoms. The number of carbonyl (C=O) groups excluding carboxylic acids is 4. The quantitative estimate of drug-likeness (QED) is 0.210. The van der Waals surface area contributed by atoms with Gasteiger partial charge < -0.3 is 24.8 Å². The molecule has 2 aromatic heterocycles. The number of amides is 4. The Labute approximate surface area is 394 Å². The van der Waals surface area contributed by atoms with Crippen molar-refractivity contribution in [1.29, 1.82) is 5.26 Å². The van der Waals surface area contributed by atoms with E-state index in [4.69, 9.17) is 21.3 Å². The average Bonchev–Trinajstić information content (AvgIpc) is 3.33. The summed E-state index contributed by atoms with van der Waals surface area (Å²) in [6, 6.07) is 15.4. The standard InChI is InChI=1S/C49H58ClN11O6/c1-48(2)46(49(3,4)47(48)67-35-8-5-32(27-51)37(50)26-35)54-42(63)33-6-11-40(52-28-33)59-23-21-57(22-24-59)29-30-13-17-60(18-14-30)44(65)31-15-19-58(20-16-31)34-7-9-38-36(25-34)45(66)61(56-55-38)39-10-12-41(62)53-43(39)64/h5-9,11,25-26,28,30-31,39,46-47H,10,12-24,29H2,1-4H3,(H,54,63)(H,53,62,64). The number of hydrogen-bond acceptors (Lipinski definition) is 13. The van der Waals surface area contributed by atoms with Crippen LogP contribution in [-0.2, 0) is 14.4 Å². The third-order valence-electron chi connectivity index (χ3n) is 15.0. The van der Waals surface area contributed by atoms with Crippen LogP contribution in [0.5, 0.6) is 5.75 Å². The fourth-order valence-corrected chi connectivity index (χ4v) is 11.6. The maximum atomic E-state index is 13.7. The highest BCUT2D eigenvalue weighted by Crippen LogP contribution is 2.55. The summed E-state index contributed by atoms with van der Waals surface area (Å²) in [5.74, 6) is 1.10. The highest BCUT2D eigenvalue weighted by Gasteiger charge is 2.64. The molecule has 1 saturated carbocycles. The first-order valence-electron chi connectivity index (χ1n) is 23.5. The largest absolute Gasteiger partial charge is 0.489 e. The SMILES string of the molecule is CC1(C)C(NC(=O)c2ccc(N3CCN(CC4CCN(C(=O)C5CCN(c6ccc7nnn(C8CCC(=O)NC8=O)c(=O)c7c6)CC5)CC4)CC3)nc2)C(C)(C)C1Oc1ccc(C#N)c(Cl)c1. The fourth-order valence-electron chi connectivity index (χ4n) is 11.4. The molecule has 0 radical (unpaired) electrons. The number of carbonyl (C=O) groups is 4. The third kappa shape index (κ3) is 9.17. The lowest BCUT2D eigenvalue weighted by Crippen LogP contribution is -2.74. The lowest BCUT2D eigenvalue weighted by Gasteiger charge is -2.63. The Kier molecular flexibility index (Phi) is 12.7. The molecule has 0 bridgehead atoms. The summed E-state index contributed by atoms with van der Waals surface area (Å²) < 4.78 is 7.46. The molecule has 4 aliphatic heterocycles. The van der Waals surface area contributed by atoms with Crippen molar-refractivity contribution in [3.63, 3.8) is 0 Å². The van der Waals surface area contributed by atoms with Gasteiger partial charge in [-0.15, -0.1) is 5.10 Å². The highest BCUT2D eigenvalue weighted by atomic mass is 35.5. The van der Waals surface area contributed by atoms with Gasteiger partial charge in [0, 0.05) is 106 Å². The number of halogens is 1. The number of benzene rings is 2. The molecule has 5 fully saturated rings. The molecule has 6 heterocycles. The molecule has 1 atom stereocenters. The topological polar surface area (TPSA) is 199 Å². The monoisotopic (exact) mass is 931 g/mol. The minimum absolute atomic E-state index is 0.0355. The van der Waals surface area contributed by atoms with Gasteiger partial charge in [-0.1, -0.05) is 44.5 Å². The predicted octanol–water partition coefficient (Wildman–Crippen LogP) is 4.58. The maximum absolute atomic E-state index is 13.7. The number of aromatic nitrogens is 4. The van der Waals surface area contributed by atoms with Crippen LogP contribution in [0.4, 0.5) is 11.5 Å². The molecule has 1 unspecified atom stereocenters. The Bertz CT molecular complexity index is 2640. The van der Waals surface area contributed by atoms with E-state index in [0.29, 0.717) is 51.8 Å². The molecule has 4 amide bonds. The molecular formula is C49H58ClN11O6. The zero-order valence-corrected chi connectivity index (χ0v) is 39.3. The van der Waals surface area contributed by atoms with Crippen LogP contribution in [0.2, 0.25) is 5.02 Å². The molecule has 1 aliphatic carbocycles. The smallest absolute Gasteiger partial charge is 0.278 e. The van der Waals surface area contributed by atoms with E-state index in [1.54, 1.807) is 36.5 Å². The summed E-state index contributed by atoms with van der Waals surface area (Å²) in [6.07, 6.45) is 5.23. The molecule has 2 N–H and O–H groups in total. The van der Waals surface area contributed by atoms with E-state index in [-0.39, 0.29) is 59.5 Å². The number of piperidine rings is 3. The zero-order valence-electron chi connectivity index (χ0n) is 38.5. The van der Waals surface area contributed by atoms with Gasteiger partial charge in [-0.2, -0.15) is 9.94 Å². The first-order chi connectivity index (χ1) is 32.1. The third-order valence-corrected chi connectivity index (χ3v) is 15.3. The summed E-state index contributed by atoms with van der Waals surface area (Å²) in [6.45, 7) is 15.8. The highest BCUT2D eigenvalue weighted by molar-refractivity contribution is 6.31. The van der Waals surface area contributed by atoms with Gasteiger partial charge in [0.25, 0.3) is 17.4 Å². The molecule has 18 heteroatoms. The van der Waals surface area contributed by atoms with Crippen molar-refractivity contribution in [2.45, 2.75) is 84.4 Å². The van der Waals surface area contributed by atoms with E-state index < -0.39 is 17.5 Å². The molecular weight excluding hydrogens is 874 g/mol. The number of nitriles is 1. The average molecular weight is 933 g/mol. The van der Waals surface area contributed by atoms with Gasteiger partial charge in [-0.25, -0.2) is 4.98 Å². The second-order valence-corrected chi connectivity index (χ2v) is 20.4. The number of fused-ring (bicyclic) bond motifs is 1. The molecule has 17 nitrogen and oxygen atoms in total. The summed E-state index contributed by atoms with van der Waals surface area (Å²) >= 11 is 6.26. The number of ether oxygens (including phenoxy) is 1. The summed E-state index contributed by atoms with van der Waals surface area (Å²) in [4.78, 5) is 78.5. The van der Waals surface area contributed by atoms with Crippen LogP contribution in [-0.4, -0.2) is 124 Å². The normalized spacial score (nSPS) is 23.6. The van der Waals surface area contributed by atoms with Crippen molar-refractivity contribution in [1.82, 2.24) is 40.4 Å². The number of pyridine rings is 1. The zero-order chi connectivity index (χ0) is 47.2. The van der Waals surface area contributed by atoms with Crippen LogP contribution in [0.3, 0.4) is 0 Å². The second kappa shape index (κ2) is 18.5. The van der Waals surface area contributed by atoms with E-state index in [2.05, 4.69) is 74.3 Å². The van der Waals surface area contributed by atoms with E-state index in [1.165, 1.54) is 0 Å². The Hall–Kier alpha value is -6.12. The first kappa shape index (κ1) is 46.0. The number of rotatable bonds is 10. The lowest BCUT2D eigenvalue weighted by atomic mass is 9.49. The van der Waals surface area contributed by atoms with Gasteiger partial charge in [0.2, 0.25) is 11.8 Å². The van der Waals surface area contributed by atoms with Crippen LogP contribution >= 0.6 is 11.6 Å². The van der Waals surface area contributed by atoms with Crippen molar-refractivity contribution in [3.05, 3.63) is 81.2 Å². The number of likely N-dealkylation sites (tertiary alicyclic amines) is 1. The van der Waals surface area contributed by atoms with Crippen LogP contribution in [0.15, 0.2) is 59.5 Å². The molecule has 5 aliphatic rings. The van der Waals surface area contributed by atoms with Gasteiger partial charge in [0.15, 0.2) is 0 Å². The van der Waals surface area contributed by atoms with E-state index in [1.807, 2.05) is 18.2 Å². The Morgan fingerprint density at radius 2 is 1.61 bits per heavy atom. The minimum Gasteiger partial charge on any atom is -0.489 e. The van der Waals surface area contributed by atoms with Crippen LogP contribution in [0.25, 0.3) is 10.9 Å². The molecule has 4 aromatic rings. The van der Waals surface area contributed by atoms with Crippen LogP contribution in [0.1, 0.15) is 88.2 Å².